The maximum Gasteiger partial charge on any atom is 0.170 e. The van der Waals surface area contributed by atoms with E-state index < -0.39 is 0 Å². The molecule has 1 N–H and O–H groups in total. The molecule has 3 rings (SSSR count). The number of nitrogens with one attached hydrogen (secondary N) is 1. The first-order chi connectivity index (χ1) is 8.79. The number of fused-ring (bicyclic) bond motifs is 1. The molecule has 0 spiro atoms. The first kappa shape index (κ1) is 11.9. The number of halogens is 1. The van der Waals surface area contributed by atoms with Crippen molar-refractivity contribution in [1.82, 2.24) is 10.3 Å². The molecule has 1 aliphatic heterocycles. The Morgan fingerprint density at radius 3 is 2.78 bits per heavy atom. The van der Waals surface area contributed by atoms with E-state index >= 15 is 0 Å². The van der Waals surface area contributed by atoms with Crippen LogP contribution in [0.2, 0.25) is 0 Å². The molecular formula is C14H20FN3. The van der Waals surface area contributed by atoms with Crippen LogP contribution in [0.5, 0.6) is 0 Å². The summed E-state index contributed by atoms with van der Waals surface area (Å²) in [4.78, 5) is 6.40. The van der Waals surface area contributed by atoms with Crippen molar-refractivity contribution in [2.24, 2.45) is 11.8 Å². The van der Waals surface area contributed by atoms with Gasteiger partial charge in [-0.05, 0) is 37.8 Å². The van der Waals surface area contributed by atoms with E-state index in [1.165, 1.54) is 19.3 Å². The summed E-state index contributed by atoms with van der Waals surface area (Å²) >= 11 is 0. The van der Waals surface area contributed by atoms with Gasteiger partial charge in [0.25, 0.3) is 0 Å². The van der Waals surface area contributed by atoms with E-state index in [9.17, 15) is 4.39 Å². The third-order valence-corrected chi connectivity index (χ3v) is 4.34. The zero-order chi connectivity index (χ0) is 12.5. The van der Waals surface area contributed by atoms with E-state index in [1.54, 1.807) is 12.3 Å². The van der Waals surface area contributed by atoms with Crippen molar-refractivity contribution in [2.45, 2.75) is 25.8 Å². The molecule has 1 saturated carbocycles. The molecule has 1 aromatic heterocycles. The summed E-state index contributed by atoms with van der Waals surface area (Å²) < 4.78 is 14.3. The normalized spacial score (nSPS) is 26.7. The van der Waals surface area contributed by atoms with Crippen LogP contribution in [0.4, 0.5) is 10.2 Å². The molecule has 0 radical (unpaired) electrons. The Hall–Kier alpha value is -1.16. The second kappa shape index (κ2) is 4.84. The molecule has 18 heavy (non-hydrogen) atoms. The minimum Gasteiger partial charge on any atom is -0.354 e. The van der Waals surface area contributed by atoms with Crippen molar-refractivity contribution in [2.75, 3.05) is 25.0 Å². The Kier molecular flexibility index (Phi) is 3.20. The molecule has 3 nitrogen and oxygen atoms in total. The number of aromatic nitrogens is 1. The highest BCUT2D eigenvalue weighted by atomic mass is 19.1. The van der Waals surface area contributed by atoms with Gasteiger partial charge in [-0.15, -0.1) is 0 Å². The summed E-state index contributed by atoms with van der Waals surface area (Å²) in [6.07, 6.45) is 5.68. The maximum absolute atomic E-state index is 14.3. The highest BCUT2D eigenvalue weighted by Gasteiger charge is 2.37. The smallest absolute Gasteiger partial charge is 0.170 e. The van der Waals surface area contributed by atoms with E-state index in [1.807, 2.05) is 7.05 Å². The van der Waals surface area contributed by atoms with Crippen molar-refractivity contribution < 1.29 is 4.39 Å². The van der Waals surface area contributed by atoms with Crippen LogP contribution in [-0.2, 0) is 6.54 Å². The SMILES string of the molecule is CNCc1ccnc(N2CC3CCCC3C2)c1F. The molecule has 2 heterocycles. The van der Waals surface area contributed by atoms with Crippen molar-refractivity contribution in [3.8, 4) is 0 Å². The molecule has 1 aromatic rings. The zero-order valence-electron chi connectivity index (χ0n) is 10.8. The van der Waals surface area contributed by atoms with Gasteiger partial charge in [-0.2, -0.15) is 0 Å². The molecule has 0 aromatic carbocycles. The number of nitrogens with zero attached hydrogens (tertiary/aromatic N) is 2. The van der Waals surface area contributed by atoms with Gasteiger partial charge < -0.3 is 10.2 Å². The van der Waals surface area contributed by atoms with Gasteiger partial charge in [0.2, 0.25) is 0 Å². The average molecular weight is 249 g/mol. The predicted molar refractivity (Wildman–Crippen MR) is 70.0 cm³/mol. The molecule has 0 bridgehead atoms. The standard InChI is InChI=1S/C14H20FN3/c1-16-7-10-5-6-17-14(13(10)15)18-8-11-3-2-4-12(11)9-18/h5-6,11-12,16H,2-4,7-9H2,1H3. The van der Waals surface area contributed by atoms with Crippen LogP contribution in [0.3, 0.4) is 0 Å². The highest BCUT2D eigenvalue weighted by molar-refractivity contribution is 5.44. The van der Waals surface area contributed by atoms with Gasteiger partial charge in [0, 0.05) is 31.4 Å². The van der Waals surface area contributed by atoms with Gasteiger partial charge >= 0.3 is 0 Å². The molecule has 98 valence electrons. The van der Waals surface area contributed by atoms with Crippen LogP contribution in [0.15, 0.2) is 12.3 Å². The van der Waals surface area contributed by atoms with Gasteiger partial charge in [0.05, 0.1) is 0 Å². The van der Waals surface area contributed by atoms with Crippen molar-refractivity contribution in [3.63, 3.8) is 0 Å². The monoisotopic (exact) mass is 249 g/mol. The molecule has 0 amide bonds. The van der Waals surface area contributed by atoms with Crippen molar-refractivity contribution in [3.05, 3.63) is 23.6 Å². The van der Waals surface area contributed by atoms with Gasteiger partial charge in [-0.1, -0.05) is 6.42 Å². The number of hydrogen-bond acceptors (Lipinski definition) is 3. The summed E-state index contributed by atoms with van der Waals surface area (Å²) in [5.74, 6) is 1.93. The molecular weight excluding hydrogens is 229 g/mol. The molecule has 1 saturated heterocycles. The summed E-state index contributed by atoms with van der Waals surface area (Å²) in [6.45, 7) is 2.53. The third kappa shape index (κ3) is 1.99. The van der Waals surface area contributed by atoms with Crippen molar-refractivity contribution in [1.29, 1.82) is 0 Å². The van der Waals surface area contributed by atoms with E-state index in [-0.39, 0.29) is 5.82 Å². The predicted octanol–water partition coefficient (Wildman–Crippen LogP) is 2.18. The second-order valence-electron chi connectivity index (χ2n) is 5.49. The second-order valence-corrected chi connectivity index (χ2v) is 5.49. The van der Waals surface area contributed by atoms with Gasteiger partial charge in [0.15, 0.2) is 11.6 Å². The quantitative estimate of drug-likeness (QED) is 0.890. The Morgan fingerprint density at radius 1 is 1.39 bits per heavy atom. The van der Waals surface area contributed by atoms with Crippen LogP contribution in [0.1, 0.15) is 24.8 Å². The van der Waals surface area contributed by atoms with Gasteiger partial charge in [0.1, 0.15) is 0 Å². The fourth-order valence-electron chi connectivity index (χ4n) is 3.43. The van der Waals surface area contributed by atoms with Gasteiger partial charge in [-0.3, -0.25) is 0 Å². The minimum absolute atomic E-state index is 0.146. The maximum atomic E-state index is 14.3. The zero-order valence-corrected chi connectivity index (χ0v) is 10.8. The van der Waals surface area contributed by atoms with Crippen molar-refractivity contribution >= 4 is 5.82 Å². The molecule has 4 heteroatoms. The van der Waals surface area contributed by atoms with Crippen LogP contribution in [0, 0.1) is 17.7 Å². The summed E-state index contributed by atoms with van der Waals surface area (Å²) in [7, 11) is 1.83. The first-order valence-corrected chi connectivity index (χ1v) is 6.82. The Balaban J connectivity index is 1.82. The summed E-state index contributed by atoms with van der Waals surface area (Å²) in [6, 6.07) is 1.76. The van der Waals surface area contributed by atoms with E-state index in [2.05, 4.69) is 15.2 Å². The number of anilines is 1. The summed E-state index contributed by atoms with van der Waals surface area (Å²) in [5, 5.41) is 3.00. The van der Waals surface area contributed by atoms with Gasteiger partial charge in [-0.25, -0.2) is 9.37 Å². The van der Waals surface area contributed by atoms with Crippen LogP contribution >= 0.6 is 0 Å². The topological polar surface area (TPSA) is 28.2 Å². The van der Waals surface area contributed by atoms with E-state index in [0.717, 1.165) is 24.9 Å². The molecule has 1 aliphatic carbocycles. The van der Waals surface area contributed by atoms with Crippen LogP contribution in [0.25, 0.3) is 0 Å². The Morgan fingerprint density at radius 2 is 2.11 bits per heavy atom. The lowest BCUT2D eigenvalue weighted by molar-refractivity contribution is 0.494. The fraction of sp³-hybridized carbons (Fsp3) is 0.643. The van der Waals surface area contributed by atoms with Crippen LogP contribution in [-0.4, -0.2) is 25.1 Å². The molecule has 2 fully saturated rings. The van der Waals surface area contributed by atoms with Crippen LogP contribution < -0.4 is 10.2 Å². The largest absolute Gasteiger partial charge is 0.354 e. The molecule has 2 unspecified atom stereocenters. The molecule has 2 atom stereocenters. The van der Waals surface area contributed by atoms with E-state index in [4.69, 9.17) is 0 Å². The number of pyridine rings is 1. The van der Waals surface area contributed by atoms with E-state index in [0.29, 0.717) is 17.9 Å². The number of rotatable bonds is 3. The summed E-state index contributed by atoms with van der Waals surface area (Å²) in [5.41, 5.74) is 0.708. The Bertz CT molecular complexity index is 423. The average Bonchev–Trinajstić information content (AvgIpc) is 2.92. The Labute approximate surface area is 107 Å². The first-order valence-electron chi connectivity index (χ1n) is 6.82. The fourth-order valence-corrected chi connectivity index (χ4v) is 3.43. The lowest BCUT2D eigenvalue weighted by Crippen LogP contribution is -2.24. The minimum atomic E-state index is -0.146. The molecule has 2 aliphatic rings. The lowest BCUT2D eigenvalue weighted by atomic mass is 10.0. The lowest BCUT2D eigenvalue weighted by Gasteiger charge is -2.20. The number of hydrogen-bond donors (Lipinski definition) is 1. The highest BCUT2D eigenvalue weighted by Crippen LogP contribution is 2.39. The third-order valence-electron chi connectivity index (χ3n) is 4.34.